The summed E-state index contributed by atoms with van der Waals surface area (Å²) in [6.07, 6.45) is 0. The fourth-order valence-electron chi connectivity index (χ4n) is 3.06. The number of hydrogen-bond acceptors (Lipinski definition) is 5. The third-order valence-electron chi connectivity index (χ3n) is 4.44. The van der Waals surface area contributed by atoms with E-state index in [0.29, 0.717) is 12.6 Å². The van der Waals surface area contributed by atoms with Gasteiger partial charge < -0.3 is 14.3 Å². The van der Waals surface area contributed by atoms with Crippen molar-refractivity contribution in [3.63, 3.8) is 0 Å². The molecule has 0 saturated carbocycles. The molecule has 0 radical (unpaired) electrons. The zero-order valence-corrected chi connectivity index (χ0v) is 15.9. The van der Waals surface area contributed by atoms with Gasteiger partial charge in [-0.25, -0.2) is 4.98 Å². The summed E-state index contributed by atoms with van der Waals surface area (Å²) in [6.45, 7) is 0.630. The summed E-state index contributed by atoms with van der Waals surface area (Å²) in [4.78, 5) is 4.54. The van der Waals surface area contributed by atoms with Crippen molar-refractivity contribution in [2.45, 2.75) is 6.67 Å². The lowest BCUT2D eigenvalue weighted by Gasteiger charge is -2.09. The second-order valence-electron chi connectivity index (χ2n) is 6.16. The number of benzene rings is 3. The average molecular weight is 390 g/mol. The Morgan fingerprint density at radius 3 is 2.59 bits per heavy atom. The highest BCUT2D eigenvalue weighted by molar-refractivity contribution is 7.73. The third kappa shape index (κ3) is 3.03. The first-order chi connectivity index (χ1) is 13.3. The Kier molecular flexibility index (Phi) is 3.99. The van der Waals surface area contributed by atoms with Gasteiger partial charge in [0, 0.05) is 11.3 Å². The number of oxazole rings is 1. The molecule has 4 nitrogen and oxygen atoms in total. The highest BCUT2D eigenvalue weighted by atomic mass is 32.1. The summed E-state index contributed by atoms with van der Waals surface area (Å²) in [7, 11) is 0. The van der Waals surface area contributed by atoms with Crippen molar-refractivity contribution in [2.24, 2.45) is 0 Å². The van der Waals surface area contributed by atoms with Crippen LogP contribution < -0.4 is 5.32 Å². The monoisotopic (exact) mass is 389 g/mol. The molecule has 3 aromatic carbocycles. The summed E-state index contributed by atoms with van der Waals surface area (Å²) < 4.78 is 10.0. The number of thiazole rings is 1. The predicted molar refractivity (Wildman–Crippen MR) is 114 cm³/mol. The minimum atomic E-state index is 0.630. The third-order valence-corrected chi connectivity index (χ3v) is 5.87. The van der Waals surface area contributed by atoms with Crippen molar-refractivity contribution in [1.82, 2.24) is 9.55 Å². The first-order valence-corrected chi connectivity index (χ1v) is 9.79. The van der Waals surface area contributed by atoms with E-state index in [-0.39, 0.29) is 0 Å². The maximum atomic E-state index is 5.83. The molecule has 27 heavy (non-hydrogen) atoms. The van der Waals surface area contributed by atoms with Gasteiger partial charge in [-0.2, -0.15) is 0 Å². The molecule has 6 heteroatoms. The van der Waals surface area contributed by atoms with E-state index in [2.05, 4.69) is 27.0 Å². The molecule has 5 aromatic rings. The molecule has 0 bridgehead atoms. The standard InChI is InChI=1S/C21H15N3OS2/c26-21-24(17-6-2-4-8-19(17)27-21)13-22-15-11-9-14(10-12-15)20-23-16-5-1-3-7-18(16)25-20/h1-12,22H,13H2. The van der Waals surface area contributed by atoms with Crippen LogP contribution in [0.2, 0.25) is 0 Å². The van der Waals surface area contributed by atoms with Crippen LogP contribution in [0, 0.1) is 3.95 Å². The van der Waals surface area contributed by atoms with Gasteiger partial charge in [-0.1, -0.05) is 24.3 Å². The van der Waals surface area contributed by atoms with Gasteiger partial charge >= 0.3 is 0 Å². The van der Waals surface area contributed by atoms with Crippen molar-refractivity contribution < 1.29 is 4.42 Å². The summed E-state index contributed by atoms with van der Waals surface area (Å²) in [5, 5.41) is 3.44. The molecule has 0 aliphatic heterocycles. The fraction of sp³-hybridized carbons (Fsp3) is 0.0476. The first-order valence-electron chi connectivity index (χ1n) is 8.56. The number of aromatic nitrogens is 2. The van der Waals surface area contributed by atoms with E-state index in [1.165, 1.54) is 4.70 Å². The van der Waals surface area contributed by atoms with Gasteiger partial charge in [0.25, 0.3) is 0 Å². The second kappa shape index (κ2) is 6.64. The quantitative estimate of drug-likeness (QED) is 0.366. The lowest BCUT2D eigenvalue weighted by Crippen LogP contribution is -2.07. The van der Waals surface area contributed by atoms with Crippen molar-refractivity contribution in [3.05, 3.63) is 76.8 Å². The zero-order chi connectivity index (χ0) is 18.2. The Balaban J connectivity index is 1.37. The van der Waals surface area contributed by atoms with Crippen molar-refractivity contribution in [1.29, 1.82) is 0 Å². The molecule has 0 amide bonds. The maximum Gasteiger partial charge on any atom is 0.227 e. The lowest BCUT2D eigenvalue weighted by atomic mass is 10.2. The van der Waals surface area contributed by atoms with Crippen molar-refractivity contribution in [3.8, 4) is 11.5 Å². The highest BCUT2D eigenvalue weighted by Gasteiger charge is 2.08. The minimum Gasteiger partial charge on any atom is -0.436 e. The molecule has 0 aliphatic rings. The Morgan fingerprint density at radius 1 is 0.963 bits per heavy atom. The number of nitrogens with zero attached hydrogens (tertiary/aromatic N) is 2. The number of anilines is 1. The topological polar surface area (TPSA) is 43.0 Å². The average Bonchev–Trinajstić information content (AvgIpc) is 3.27. The van der Waals surface area contributed by atoms with Crippen LogP contribution in [-0.4, -0.2) is 9.55 Å². The number of nitrogens with one attached hydrogen (secondary N) is 1. The normalized spacial score (nSPS) is 11.3. The zero-order valence-electron chi connectivity index (χ0n) is 14.3. The molecule has 0 atom stereocenters. The number of para-hydroxylation sites is 3. The lowest BCUT2D eigenvalue weighted by molar-refractivity contribution is 0.620. The van der Waals surface area contributed by atoms with Crippen LogP contribution in [-0.2, 0) is 6.67 Å². The molecule has 0 unspecified atom stereocenters. The highest BCUT2D eigenvalue weighted by Crippen LogP contribution is 2.26. The molecule has 0 aliphatic carbocycles. The Bertz CT molecular complexity index is 1270. The van der Waals surface area contributed by atoms with Gasteiger partial charge in [0.2, 0.25) is 5.89 Å². The van der Waals surface area contributed by atoms with Crippen LogP contribution >= 0.6 is 23.6 Å². The molecule has 2 aromatic heterocycles. The first kappa shape index (κ1) is 16.2. The second-order valence-corrected chi connectivity index (χ2v) is 7.84. The van der Waals surface area contributed by atoms with Gasteiger partial charge in [0.05, 0.1) is 16.9 Å². The Hall–Kier alpha value is -2.96. The van der Waals surface area contributed by atoms with E-state index in [4.69, 9.17) is 16.6 Å². The van der Waals surface area contributed by atoms with E-state index >= 15 is 0 Å². The van der Waals surface area contributed by atoms with Gasteiger partial charge in [-0.15, -0.1) is 11.3 Å². The molecule has 132 valence electrons. The van der Waals surface area contributed by atoms with E-state index < -0.39 is 0 Å². The fourth-order valence-corrected chi connectivity index (χ4v) is 4.38. The molecule has 0 saturated heterocycles. The van der Waals surface area contributed by atoms with Crippen LogP contribution in [0.15, 0.2) is 77.2 Å². The van der Waals surface area contributed by atoms with Crippen LogP contribution in [0.25, 0.3) is 32.8 Å². The van der Waals surface area contributed by atoms with Crippen molar-refractivity contribution >= 4 is 50.6 Å². The number of hydrogen-bond donors (Lipinski definition) is 1. The van der Waals surface area contributed by atoms with Crippen LogP contribution in [0.5, 0.6) is 0 Å². The van der Waals surface area contributed by atoms with Gasteiger partial charge in [0.15, 0.2) is 9.54 Å². The molecule has 1 N–H and O–H groups in total. The summed E-state index contributed by atoms with van der Waals surface area (Å²) in [5.74, 6) is 0.633. The Morgan fingerprint density at radius 2 is 1.74 bits per heavy atom. The molecule has 5 rings (SSSR count). The maximum absolute atomic E-state index is 5.83. The SMILES string of the molecule is S=c1sc2ccccc2n1CNc1ccc(-c2nc3ccccc3o2)cc1. The number of fused-ring (bicyclic) bond motifs is 2. The van der Waals surface area contributed by atoms with Gasteiger partial charge in [0.1, 0.15) is 5.52 Å². The van der Waals surface area contributed by atoms with E-state index in [0.717, 1.165) is 31.8 Å². The van der Waals surface area contributed by atoms with E-state index in [1.54, 1.807) is 11.3 Å². The number of rotatable bonds is 4. The predicted octanol–water partition coefficient (Wildman–Crippen LogP) is 6.31. The molecule has 0 spiro atoms. The van der Waals surface area contributed by atoms with Crippen LogP contribution in [0.4, 0.5) is 5.69 Å². The van der Waals surface area contributed by atoms with Gasteiger partial charge in [-0.05, 0) is 60.7 Å². The van der Waals surface area contributed by atoms with Crippen LogP contribution in [0.3, 0.4) is 0 Å². The smallest absolute Gasteiger partial charge is 0.227 e. The van der Waals surface area contributed by atoms with Gasteiger partial charge in [-0.3, -0.25) is 0 Å². The summed E-state index contributed by atoms with van der Waals surface area (Å²) >= 11 is 7.14. The largest absolute Gasteiger partial charge is 0.436 e. The van der Waals surface area contributed by atoms with Crippen LogP contribution in [0.1, 0.15) is 0 Å². The molecular formula is C21H15N3OS2. The summed E-state index contributed by atoms with van der Waals surface area (Å²) in [5.41, 5.74) is 4.80. The molecule has 2 heterocycles. The van der Waals surface area contributed by atoms with Crippen molar-refractivity contribution in [2.75, 3.05) is 5.32 Å². The summed E-state index contributed by atoms with van der Waals surface area (Å²) in [6, 6.07) is 24.1. The Labute approximate surface area is 164 Å². The minimum absolute atomic E-state index is 0.630. The van der Waals surface area contributed by atoms with E-state index in [1.807, 2.05) is 60.7 Å². The molecule has 0 fully saturated rings. The van der Waals surface area contributed by atoms with E-state index in [9.17, 15) is 0 Å². The molecular weight excluding hydrogens is 374 g/mol.